The number of hydrogen-bond donors (Lipinski definition) is 0. The normalized spacial score (nSPS) is 32.7. The SMILES string of the molecule is CCCC1=C(c2cc(OC)ccc2C)CCN2CC3CC(CC)C2C1(C(=O)OC)C3. The van der Waals surface area contributed by atoms with Crippen molar-refractivity contribution >= 4 is 11.5 Å². The highest BCUT2D eigenvalue weighted by molar-refractivity contribution is 5.88. The molecule has 4 aliphatic rings. The summed E-state index contributed by atoms with van der Waals surface area (Å²) in [6, 6.07) is 6.62. The van der Waals surface area contributed by atoms with Gasteiger partial charge in [0.15, 0.2) is 0 Å². The van der Waals surface area contributed by atoms with Gasteiger partial charge in [-0.3, -0.25) is 9.69 Å². The number of aryl methyl sites for hydroxylation is 1. The minimum absolute atomic E-state index is 0.0104. The van der Waals surface area contributed by atoms with Crippen LogP contribution in [0.1, 0.15) is 63.5 Å². The summed E-state index contributed by atoms with van der Waals surface area (Å²) < 4.78 is 11.1. The summed E-state index contributed by atoms with van der Waals surface area (Å²) in [5.74, 6) is 2.01. The predicted molar refractivity (Wildman–Crippen MR) is 120 cm³/mol. The molecule has 0 amide bonds. The van der Waals surface area contributed by atoms with Crippen molar-refractivity contribution < 1.29 is 14.3 Å². The van der Waals surface area contributed by atoms with E-state index in [1.807, 2.05) is 6.07 Å². The van der Waals surface area contributed by atoms with Crippen molar-refractivity contribution in [2.45, 2.75) is 65.3 Å². The number of carbonyl (C=O) groups excluding carboxylic acids is 1. The van der Waals surface area contributed by atoms with E-state index < -0.39 is 5.41 Å². The molecule has 0 radical (unpaired) electrons. The molecule has 3 heterocycles. The summed E-state index contributed by atoms with van der Waals surface area (Å²) in [6.07, 6.45) is 6.30. The Morgan fingerprint density at radius 2 is 2.07 bits per heavy atom. The van der Waals surface area contributed by atoms with Gasteiger partial charge in [-0.05, 0) is 78.8 Å². The van der Waals surface area contributed by atoms with E-state index in [0.717, 1.165) is 50.9 Å². The van der Waals surface area contributed by atoms with Gasteiger partial charge in [0, 0.05) is 19.1 Å². The smallest absolute Gasteiger partial charge is 0.317 e. The topological polar surface area (TPSA) is 38.8 Å². The van der Waals surface area contributed by atoms with Crippen LogP contribution in [0, 0.1) is 24.2 Å². The largest absolute Gasteiger partial charge is 0.497 e. The van der Waals surface area contributed by atoms with Gasteiger partial charge in [0.2, 0.25) is 0 Å². The number of fused-ring (bicyclic) bond motifs is 1. The van der Waals surface area contributed by atoms with E-state index in [4.69, 9.17) is 9.47 Å². The minimum atomic E-state index is -0.506. The van der Waals surface area contributed by atoms with Crippen molar-refractivity contribution in [3.8, 4) is 5.75 Å². The molecule has 164 valence electrons. The molecule has 3 aliphatic heterocycles. The Kier molecular flexibility index (Phi) is 5.98. The lowest BCUT2D eigenvalue weighted by molar-refractivity contribution is -0.169. The standard InChI is InChI=1S/C26H37NO3/c1-6-8-23-21(22-14-20(29-4)10-9-17(22)3)11-12-27-16-18-13-19(7-2)24(27)26(23,15-18)25(28)30-5/h9-10,14,18-19,24H,6-8,11-13,15-16H2,1-5H3. The Labute approximate surface area is 181 Å². The fourth-order valence-electron chi connectivity index (χ4n) is 6.89. The second-order valence-electron chi connectivity index (χ2n) is 9.51. The van der Waals surface area contributed by atoms with Crippen LogP contribution < -0.4 is 4.74 Å². The zero-order valence-electron chi connectivity index (χ0n) is 19.3. The van der Waals surface area contributed by atoms with Crippen LogP contribution in [0.4, 0.5) is 0 Å². The van der Waals surface area contributed by atoms with Crippen molar-refractivity contribution in [1.29, 1.82) is 0 Å². The molecule has 3 fully saturated rings. The van der Waals surface area contributed by atoms with E-state index >= 15 is 0 Å². The van der Waals surface area contributed by atoms with Crippen LogP contribution in [0.2, 0.25) is 0 Å². The first-order valence-corrected chi connectivity index (χ1v) is 11.7. The molecule has 1 aromatic carbocycles. The summed E-state index contributed by atoms with van der Waals surface area (Å²) in [4.78, 5) is 16.3. The lowest BCUT2D eigenvalue weighted by Gasteiger charge is -2.59. The number of piperidine rings is 2. The number of hydrogen-bond acceptors (Lipinski definition) is 4. The van der Waals surface area contributed by atoms with Gasteiger partial charge in [0.1, 0.15) is 11.2 Å². The molecule has 0 spiro atoms. The Bertz CT molecular complexity index is 845. The summed E-state index contributed by atoms with van der Waals surface area (Å²) in [7, 11) is 3.30. The van der Waals surface area contributed by atoms with Crippen LogP contribution in [0.3, 0.4) is 0 Å². The van der Waals surface area contributed by atoms with E-state index in [1.165, 1.54) is 28.7 Å². The van der Waals surface area contributed by atoms with Crippen molar-refractivity contribution in [3.05, 3.63) is 34.9 Å². The quantitative estimate of drug-likeness (QED) is 0.600. The molecule has 30 heavy (non-hydrogen) atoms. The van der Waals surface area contributed by atoms with Gasteiger partial charge in [-0.1, -0.05) is 32.8 Å². The Hall–Kier alpha value is -1.81. The monoisotopic (exact) mass is 411 g/mol. The van der Waals surface area contributed by atoms with E-state index in [9.17, 15) is 4.79 Å². The van der Waals surface area contributed by atoms with Crippen LogP contribution >= 0.6 is 0 Å². The van der Waals surface area contributed by atoms with Crippen molar-refractivity contribution in [3.63, 3.8) is 0 Å². The molecular formula is C26H37NO3. The molecular weight excluding hydrogens is 374 g/mol. The zero-order valence-corrected chi connectivity index (χ0v) is 19.3. The molecule has 1 saturated carbocycles. The molecule has 0 N–H and O–H groups in total. The summed E-state index contributed by atoms with van der Waals surface area (Å²) in [5.41, 5.74) is 4.71. The maximum atomic E-state index is 13.7. The van der Waals surface area contributed by atoms with Crippen LogP contribution in [-0.4, -0.2) is 44.2 Å². The summed E-state index contributed by atoms with van der Waals surface area (Å²) in [5, 5.41) is 0. The molecule has 0 aromatic heterocycles. The van der Waals surface area contributed by atoms with Gasteiger partial charge >= 0.3 is 5.97 Å². The number of benzene rings is 1. The average Bonchev–Trinajstić information content (AvgIpc) is 2.87. The van der Waals surface area contributed by atoms with E-state index in [0.29, 0.717) is 11.8 Å². The zero-order chi connectivity index (χ0) is 21.5. The second kappa shape index (κ2) is 8.37. The van der Waals surface area contributed by atoms with Crippen LogP contribution in [0.25, 0.3) is 5.57 Å². The number of esters is 1. The fourth-order valence-corrected chi connectivity index (χ4v) is 6.89. The first-order chi connectivity index (χ1) is 14.5. The number of rotatable bonds is 6. The number of nitrogens with zero attached hydrogens (tertiary/aromatic N) is 1. The number of carbonyl (C=O) groups is 1. The molecule has 4 heteroatoms. The third kappa shape index (κ3) is 3.19. The van der Waals surface area contributed by atoms with Gasteiger partial charge in [-0.15, -0.1) is 0 Å². The average molecular weight is 412 g/mol. The van der Waals surface area contributed by atoms with Crippen molar-refractivity contribution in [2.24, 2.45) is 17.3 Å². The van der Waals surface area contributed by atoms with Crippen LogP contribution in [-0.2, 0) is 9.53 Å². The Morgan fingerprint density at radius 1 is 1.27 bits per heavy atom. The third-order valence-electron chi connectivity index (χ3n) is 7.98. The fraction of sp³-hybridized carbons (Fsp3) is 0.654. The van der Waals surface area contributed by atoms with Gasteiger partial charge in [-0.25, -0.2) is 0 Å². The van der Waals surface area contributed by atoms with Gasteiger partial charge in [0.05, 0.1) is 14.2 Å². The number of ether oxygens (including phenoxy) is 2. The number of methoxy groups -OCH3 is 2. The Balaban J connectivity index is 1.98. The third-order valence-corrected chi connectivity index (χ3v) is 7.98. The second-order valence-corrected chi connectivity index (χ2v) is 9.51. The molecule has 1 aromatic rings. The summed E-state index contributed by atoms with van der Waals surface area (Å²) in [6.45, 7) is 8.85. The van der Waals surface area contributed by atoms with Crippen molar-refractivity contribution in [2.75, 3.05) is 27.3 Å². The molecule has 5 atom stereocenters. The van der Waals surface area contributed by atoms with E-state index in [-0.39, 0.29) is 12.0 Å². The highest BCUT2D eigenvalue weighted by Gasteiger charge is 2.62. The summed E-state index contributed by atoms with van der Waals surface area (Å²) >= 11 is 0. The predicted octanol–water partition coefficient (Wildman–Crippen LogP) is 5.24. The molecule has 5 rings (SSSR count). The van der Waals surface area contributed by atoms with Crippen molar-refractivity contribution in [1.82, 2.24) is 4.90 Å². The van der Waals surface area contributed by atoms with Crippen LogP contribution in [0.15, 0.2) is 23.8 Å². The van der Waals surface area contributed by atoms with E-state index in [2.05, 4.69) is 37.8 Å². The molecule has 1 aliphatic carbocycles. The maximum Gasteiger partial charge on any atom is 0.317 e. The lowest BCUT2D eigenvalue weighted by atomic mass is 9.54. The van der Waals surface area contributed by atoms with Crippen LogP contribution in [0.5, 0.6) is 5.75 Å². The molecule has 4 bridgehead atoms. The van der Waals surface area contributed by atoms with Gasteiger partial charge < -0.3 is 9.47 Å². The molecule has 5 unspecified atom stereocenters. The first-order valence-electron chi connectivity index (χ1n) is 11.7. The first kappa shape index (κ1) is 21.4. The lowest BCUT2D eigenvalue weighted by Crippen LogP contribution is -2.65. The highest BCUT2D eigenvalue weighted by Crippen LogP contribution is 2.59. The highest BCUT2D eigenvalue weighted by atomic mass is 16.5. The van der Waals surface area contributed by atoms with E-state index in [1.54, 1.807) is 14.2 Å². The maximum absolute atomic E-state index is 13.7. The Morgan fingerprint density at radius 3 is 2.73 bits per heavy atom. The molecule has 4 nitrogen and oxygen atoms in total. The molecule has 2 saturated heterocycles. The van der Waals surface area contributed by atoms with Gasteiger partial charge in [-0.2, -0.15) is 0 Å². The minimum Gasteiger partial charge on any atom is -0.497 e. The van der Waals surface area contributed by atoms with Gasteiger partial charge in [0.25, 0.3) is 0 Å².